The summed E-state index contributed by atoms with van der Waals surface area (Å²) in [6.07, 6.45) is -2.46. The summed E-state index contributed by atoms with van der Waals surface area (Å²) in [6.45, 7) is 2.78. The summed E-state index contributed by atoms with van der Waals surface area (Å²) >= 11 is 0. The van der Waals surface area contributed by atoms with E-state index in [4.69, 9.17) is 9.47 Å². The van der Waals surface area contributed by atoms with Crippen LogP contribution in [0.4, 0.5) is 13.2 Å². The predicted molar refractivity (Wildman–Crippen MR) is 98.7 cm³/mol. The van der Waals surface area contributed by atoms with Crippen LogP contribution in [-0.2, 0) is 17.4 Å². The van der Waals surface area contributed by atoms with Crippen LogP contribution in [0.3, 0.4) is 0 Å². The number of carbonyl (C=O) groups excluding carboxylic acids is 1. The molecule has 1 amide bonds. The Morgan fingerprint density at radius 1 is 1.31 bits per heavy atom. The van der Waals surface area contributed by atoms with Crippen LogP contribution in [0.1, 0.15) is 29.7 Å². The first kappa shape index (κ1) is 20.9. The number of aromatic nitrogens is 2. The number of halogens is 3. The highest BCUT2D eigenvalue weighted by atomic mass is 19.4. The van der Waals surface area contributed by atoms with Crippen molar-refractivity contribution in [2.45, 2.75) is 38.5 Å². The number of piperidine rings is 1. The number of methoxy groups -OCH3 is 1. The Hall–Kier alpha value is -2.84. The van der Waals surface area contributed by atoms with Gasteiger partial charge in [-0.2, -0.15) is 18.2 Å². The van der Waals surface area contributed by atoms with E-state index in [9.17, 15) is 18.0 Å². The Morgan fingerprint density at radius 3 is 2.79 bits per heavy atom. The molecule has 3 rings (SSSR count). The lowest BCUT2D eigenvalue weighted by atomic mass is 10.0. The van der Waals surface area contributed by atoms with Crippen molar-refractivity contribution in [3.63, 3.8) is 0 Å². The molecule has 2 aromatic rings. The van der Waals surface area contributed by atoms with Crippen molar-refractivity contribution >= 4 is 5.91 Å². The van der Waals surface area contributed by atoms with E-state index in [2.05, 4.69) is 9.97 Å². The number of ether oxygens (including phenoxy) is 2. The highest BCUT2D eigenvalue weighted by molar-refractivity contribution is 5.79. The normalized spacial score (nSPS) is 17.1. The number of hydrogen-bond acceptors (Lipinski definition) is 5. The van der Waals surface area contributed by atoms with Crippen molar-refractivity contribution in [3.05, 3.63) is 47.3 Å². The van der Waals surface area contributed by atoms with E-state index >= 15 is 0 Å². The lowest BCUT2D eigenvalue weighted by Gasteiger charge is -2.32. The quantitative estimate of drug-likeness (QED) is 0.757. The van der Waals surface area contributed by atoms with Gasteiger partial charge in [-0.05, 0) is 43.0 Å². The van der Waals surface area contributed by atoms with E-state index in [0.29, 0.717) is 19.4 Å². The number of benzene rings is 1. The van der Waals surface area contributed by atoms with Gasteiger partial charge in [0.05, 0.1) is 20.1 Å². The van der Waals surface area contributed by atoms with E-state index in [0.717, 1.165) is 29.1 Å². The van der Waals surface area contributed by atoms with Gasteiger partial charge in [-0.3, -0.25) is 4.79 Å². The molecule has 2 heterocycles. The molecule has 9 heteroatoms. The third-order valence-electron chi connectivity index (χ3n) is 4.74. The number of likely N-dealkylation sites (tertiary alicyclic amines) is 1. The maximum Gasteiger partial charge on any atom is 0.433 e. The number of aryl methyl sites for hydroxylation is 1. The summed E-state index contributed by atoms with van der Waals surface area (Å²) in [6, 6.07) is 6.04. The lowest BCUT2D eigenvalue weighted by molar-refractivity contribution is -0.141. The van der Waals surface area contributed by atoms with Crippen LogP contribution in [0.5, 0.6) is 11.8 Å². The maximum absolute atomic E-state index is 12.8. The highest BCUT2D eigenvalue weighted by Gasteiger charge is 2.33. The summed E-state index contributed by atoms with van der Waals surface area (Å²) in [5, 5.41) is 0. The second kappa shape index (κ2) is 8.67. The number of hydrogen-bond donors (Lipinski definition) is 0. The van der Waals surface area contributed by atoms with Gasteiger partial charge in [-0.25, -0.2) is 4.98 Å². The van der Waals surface area contributed by atoms with Crippen molar-refractivity contribution in [2.75, 3.05) is 20.2 Å². The van der Waals surface area contributed by atoms with Crippen LogP contribution in [0.2, 0.25) is 0 Å². The molecule has 0 saturated carbocycles. The third-order valence-corrected chi connectivity index (χ3v) is 4.74. The molecule has 0 N–H and O–H groups in total. The molecule has 1 unspecified atom stereocenters. The Labute approximate surface area is 166 Å². The van der Waals surface area contributed by atoms with Gasteiger partial charge in [0.15, 0.2) is 5.69 Å². The second-order valence-corrected chi connectivity index (χ2v) is 6.92. The maximum atomic E-state index is 12.8. The van der Waals surface area contributed by atoms with Crippen LogP contribution in [0, 0.1) is 6.92 Å². The highest BCUT2D eigenvalue weighted by Crippen LogP contribution is 2.28. The topological polar surface area (TPSA) is 64.5 Å². The first-order valence-corrected chi connectivity index (χ1v) is 9.24. The molecule has 0 bridgehead atoms. The smallest absolute Gasteiger partial charge is 0.433 e. The Morgan fingerprint density at radius 2 is 2.10 bits per heavy atom. The Kier molecular flexibility index (Phi) is 6.24. The molecule has 0 spiro atoms. The van der Waals surface area contributed by atoms with Gasteiger partial charge in [-0.1, -0.05) is 12.1 Å². The van der Waals surface area contributed by atoms with Crippen LogP contribution in [0.25, 0.3) is 0 Å². The van der Waals surface area contributed by atoms with Crippen LogP contribution < -0.4 is 9.47 Å². The van der Waals surface area contributed by atoms with Crippen LogP contribution >= 0.6 is 0 Å². The molecular weight excluding hydrogens is 387 g/mol. The molecule has 1 aliphatic heterocycles. The molecule has 1 fully saturated rings. The van der Waals surface area contributed by atoms with E-state index in [1.54, 1.807) is 12.0 Å². The van der Waals surface area contributed by atoms with Gasteiger partial charge >= 0.3 is 12.2 Å². The third kappa shape index (κ3) is 5.36. The molecule has 156 valence electrons. The molecule has 0 radical (unpaired) electrons. The largest absolute Gasteiger partial charge is 0.496 e. The number of nitrogens with zero attached hydrogens (tertiary/aromatic N) is 3. The number of amides is 1. The predicted octanol–water partition coefficient (Wildman–Crippen LogP) is 3.42. The molecule has 29 heavy (non-hydrogen) atoms. The molecule has 1 atom stereocenters. The fraction of sp³-hybridized carbons (Fsp3) is 0.450. The van der Waals surface area contributed by atoms with Gasteiger partial charge in [0.1, 0.15) is 11.9 Å². The minimum atomic E-state index is -4.56. The summed E-state index contributed by atoms with van der Waals surface area (Å²) in [5.41, 5.74) is 0.762. The Bertz CT molecular complexity index is 874. The monoisotopic (exact) mass is 409 g/mol. The standard InChI is InChI=1S/C20H22F3N3O3/c1-13-10-14(5-6-16(13)28-2)11-18(27)26-9-3-4-15(12-26)29-19-24-8-7-17(25-19)20(21,22)23/h5-8,10,15H,3-4,9,11-12H2,1-2H3. The summed E-state index contributed by atoms with van der Waals surface area (Å²) in [4.78, 5) is 21.5. The molecule has 1 aliphatic rings. The van der Waals surface area contributed by atoms with E-state index in [1.165, 1.54) is 0 Å². The van der Waals surface area contributed by atoms with Crippen molar-refractivity contribution in [1.82, 2.24) is 14.9 Å². The van der Waals surface area contributed by atoms with E-state index in [-0.39, 0.29) is 24.9 Å². The number of rotatable bonds is 5. The zero-order chi connectivity index (χ0) is 21.0. The first-order chi connectivity index (χ1) is 13.8. The van der Waals surface area contributed by atoms with Gasteiger partial charge in [0.2, 0.25) is 5.91 Å². The van der Waals surface area contributed by atoms with Gasteiger partial charge < -0.3 is 14.4 Å². The SMILES string of the molecule is COc1ccc(CC(=O)N2CCCC(Oc3nccc(C(F)(F)F)n3)C2)cc1C. The van der Waals surface area contributed by atoms with Gasteiger partial charge in [-0.15, -0.1) is 0 Å². The zero-order valence-corrected chi connectivity index (χ0v) is 16.2. The molecule has 1 aromatic heterocycles. The minimum absolute atomic E-state index is 0.0622. The zero-order valence-electron chi connectivity index (χ0n) is 16.2. The van der Waals surface area contributed by atoms with Gasteiger partial charge in [0.25, 0.3) is 0 Å². The van der Waals surface area contributed by atoms with E-state index < -0.39 is 18.0 Å². The first-order valence-electron chi connectivity index (χ1n) is 9.24. The fourth-order valence-electron chi connectivity index (χ4n) is 3.30. The molecule has 6 nitrogen and oxygen atoms in total. The van der Waals surface area contributed by atoms with Crippen LogP contribution in [0.15, 0.2) is 30.5 Å². The molecule has 1 aromatic carbocycles. The van der Waals surface area contributed by atoms with Crippen molar-refractivity contribution in [3.8, 4) is 11.8 Å². The average Bonchev–Trinajstić information content (AvgIpc) is 2.68. The minimum Gasteiger partial charge on any atom is -0.496 e. The lowest BCUT2D eigenvalue weighted by Crippen LogP contribution is -2.45. The molecule has 1 saturated heterocycles. The second-order valence-electron chi connectivity index (χ2n) is 6.92. The average molecular weight is 409 g/mol. The van der Waals surface area contributed by atoms with Crippen molar-refractivity contribution in [1.29, 1.82) is 0 Å². The molecular formula is C20H22F3N3O3. The van der Waals surface area contributed by atoms with Crippen molar-refractivity contribution in [2.24, 2.45) is 0 Å². The van der Waals surface area contributed by atoms with E-state index in [1.807, 2.05) is 25.1 Å². The van der Waals surface area contributed by atoms with Gasteiger partial charge in [0, 0.05) is 12.7 Å². The summed E-state index contributed by atoms with van der Waals surface area (Å²) < 4.78 is 49.1. The number of alkyl halides is 3. The summed E-state index contributed by atoms with van der Waals surface area (Å²) in [7, 11) is 1.59. The molecule has 0 aliphatic carbocycles. The van der Waals surface area contributed by atoms with Crippen molar-refractivity contribution < 1.29 is 27.4 Å². The fourth-order valence-corrected chi connectivity index (χ4v) is 3.30. The Balaban J connectivity index is 1.61. The van der Waals surface area contributed by atoms with Crippen LogP contribution in [-0.4, -0.2) is 47.1 Å². The summed E-state index contributed by atoms with van der Waals surface area (Å²) in [5.74, 6) is 0.696. The number of carbonyl (C=O) groups is 1.